The second-order valence-electron chi connectivity index (χ2n) is 11.4. The summed E-state index contributed by atoms with van der Waals surface area (Å²) in [6.07, 6.45) is 1.98. The highest BCUT2D eigenvalue weighted by Gasteiger charge is 2.47. The standard InChI is InChI=1S/C31H39N3O7/c1-20(2)15-25(28(36)33-26(29(37)38)17-23-11-14-32-27(23)35)34-30(39)41-31(12-13-31)18-22-9-6-10-24(16-22)40-19-21-7-4-3-5-8-21/h3-10,16,20,23,25-26H,11-15,17-19H2,1-2H3,(H,32,35)(H,33,36)(H,34,39)(H,37,38)/t23-,25-,26-/m0/s1. The van der Waals surface area contributed by atoms with Gasteiger partial charge in [-0.2, -0.15) is 0 Å². The third-order valence-electron chi connectivity index (χ3n) is 7.40. The van der Waals surface area contributed by atoms with Gasteiger partial charge in [-0.05, 0) is 61.3 Å². The number of nitrogens with one attached hydrogen (secondary N) is 3. The number of amides is 3. The maximum Gasteiger partial charge on any atom is 0.408 e. The van der Waals surface area contributed by atoms with Gasteiger partial charge in [0.05, 0.1) is 0 Å². The fourth-order valence-electron chi connectivity index (χ4n) is 5.03. The molecule has 1 saturated carbocycles. The quantitative estimate of drug-likeness (QED) is 0.274. The molecule has 1 aliphatic heterocycles. The number of rotatable bonds is 14. The third kappa shape index (κ3) is 8.96. The van der Waals surface area contributed by atoms with E-state index in [1.54, 1.807) is 0 Å². The lowest BCUT2D eigenvalue weighted by Crippen LogP contribution is -2.53. The molecule has 2 aromatic rings. The number of carboxylic acid groups (broad SMARTS) is 1. The molecule has 3 atom stereocenters. The zero-order chi connectivity index (χ0) is 29.4. The number of alkyl carbamates (subject to hydrolysis) is 1. The van der Waals surface area contributed by atoms with Crippen LogP contribution < -0.4 is 20.7 Å². The van der Waals surface area contributed by atoms with E-state index in [0.29, 0.717) is 45.3 Å². The summed E-state index contributed by atoms with van der Waals surface area (Å²) in [5.41, 5.74) is 1.37. The molecule has 10 nitrogen and oxygen atoms in total. The van der Waals surface area contributed by atoms with Crippen molar-refractivity contribution in [3.8, 4) is 5.75 Å². The molecule has 4 N–H and O–H groups in total. The topological polar surface area (TPSA) is 143 Å². The Morgan fingerprint density at radius 3 is 2.39 bits per heavy atom. The Morgan fingerprint density at radius 2 is 1.76 bits per heavy atom. The Kier molecular flexibility index (Phi) is 9.86. The summed E-state index contributed by atoms with van der Waals surface area (Å²) < 4.78 is 11.8. The highest BCUT2D eigenvalue weighted by atomic mass is 16.6. The van der Waals surface area contributed by atoms with Crippen LogP contribution in [0.4, 0.5) is 4.79 Å². The fourth-order valence-corrected chi connectivity index (χ4v) is 5.03. The number of benzene rings is 2. The molecule has 220 valence electrons. The van der Waals surface area contributed by atoms with Crippen molar-refractivity contribution in [2.24, 2.45) is 11.8 Å². The van der Waals surface area contributed by atoms with Crippen molar-refractivity contribution in [1.82, 2.24) is 16.0 Å². The lowest BCUT2D eigenvalue weighted by atomic mass is 9.97. The van der Waals surface area contributed by atoms with Crippen molar-refractivity contribution in [3.05, 3.63) is 65.7 Å². The van der Waals surface area contributed by atoms with Crippen LogP contribution >= 0.6 is 0 Å². The van der Waals surface area contributed by atoms with Gasteiger partial charge in [0.1, 0.15) is 30.0 Å². The Labute approximate surface area is 240 Å². The van der Waals surface area contributed by atoms with Crippen LogP contribution in [-0.4, -0.2) is 53.2 Å². The van der Waals surface area contributed by atoms with Crippen molar-refractivity contribution in [2.75, 3.05) is 6.54 Å². The number of hydrogen-bond donors (Lipinski definition) is 4. The van der Waals surface area contributed by atoms with Crippen molar-refractivity contribution >= 4 is 23.9 Å². The van der Waals surface area contributed by atoms with Gasteiger partial charge in [-0.15, -0.1) is 0 Å². The van der Waals surface area contributed by atoms with Crippen LogP contribution in [0.1, 0.15) is 57.1 Å². The summed E-state index contributed by atoms with van der Waals surface area (Å²) in [5.74, 6) is -1.76. The largest absolute Gasteiger partial charge is 0.489 e. The number of aliphatic carboxylic acids is 1. The molecule has 1 aliphatic carbocycles. The van der Waals surface area contributed by atoms with Crippen LogP contribution in [0, 0.1) is 11.8 Å². The van der Waals surface area contributed by atoms with Gasteiger partial charge in [-0.3, -0.25) is 9.59 Å². The predicted molar refractivity (Wildman–Crippen MR) is 151 cm³/mol. The number of carbonyl (C=O) groups is 4. The number of carboxylic acids is 1. The van der Waals surface area contributed by atoms with E-state index in [-0.39, 0.29) is 18.2 Å². The molecular formula is C31H39N3O7. The van der Waals surface area contributed by atoms with E-state index < -0.39 is 41.6 Å². The van der Waals surface area contributed by atoms with Crippen LogP contribution in [0.15, 0.2) is 54.6 Å². The second kappa shape index (κ2) is 13.5. The molecule has 0 spiro atoms. The monoisotopic (exact) mass is 565 g/mol. The van der Waals surface area contributed by atoms with Gasteiger partial charge in [-0.25, -0.2) is 9.59 Å². The maximum atomic E-state index is 13.1. The summed E-state index contributed by atoms with van der Waals surface area (Å²) in [5, 5.41) is 17.5. The summed E-state index contributed by atoms with van der Waals surface area (Å²) >= 11 is 0. The average Bonchev–Trinajstić information content (AvgIpc) is 3.55. The van der Waals surface area contributed by atoms with E-state index in [9.17, 15) is 24.3 Å². The van der Waals surface area contributed by atoms with Crippen molar-refractivity contribution in [3.63, 3.8) is 0 Å². The molecule has 2 fully saturated rings. The molecule has 3 amide bonds. The minimum absolute atomic E-state index is 0.0109. The molecule has 10 heteroatoms. The zero-order valence-corrected chi connectivity index (χ0v) is 23.6. The SMILES string of the molecule is CC(C)C[C@H](NC(=O)OC1(Cc2cccc(OCc3ccccc3)c2)CC1)C(=O)N[C@@H](C[C@@H]1CCNC1=O)C(=O)O. The van der Waals surface area contributed by atoms with Crippen LogP contribution in [-0.2, 0) is 32.1 Å². The smallest absolute Gasteiger partial charge is 0.408 e. The Bertz CT molecular complexity index is 1230. The fraction of sp³-hybridized carbons (Fsp3) is 0.484. The molecule has 0 aromatic heterocycles. The van der Waals surface area contributed by atoms with E-state index in [0.717, 1.165) is 16.9 Å². The van der Waals surface area contributed by atoms with Gasteiger partial charge in [-0.1, -0.05) is 56.3 Å². The molecule has 1 saturated heterocycles. The van der Waals surface area contributed by atoms with Crippen LogP contribution in [0.5, 0.6) is 5.75 Å². The van der Waals surface area contributed by atoms with Gasteiger partial charge < -0.3 is 30.5 Å². The maximum absolute atomic E-state index is 13.1. The van der Waals surface area contributed by atoms with E-state index in [1.807, 2.05) is 68.4 Å². The Balaban J connectivity index is 1.33. The van der Waals surface area contributed by atoms with E-state index in [2.05, 4.69) is 16.0 Å². The first-order chi connectivity index (χ1) is 19.6. The lowest BCUT2D eigenvalue weighted by Gasteiger charge is -2.25. The molecule has 1 heterocycles. The highest BCUT2D eigenvalue weighted by molar-refractivity contribution is 5.90. The molecule has 0 radical (unpaired) electrons. The molecule has 2 aromatic carbocycles. The van der Waals surface area contributed by atoms with Gasteiger partial charge in [0.25, 0.3) is 0 Å². The molecule has 0 bridgehead atoms. The molecular weight excluding hydrogens is 526 g/mol. The number of ether oxygens (including phenoxy) is 2. The summed E-state index contributed by atoms with van der Waals surface area (Å²) in [6.45, 7) is 4.74. The molecule has 2 aliphatic rings. The lowest BCUT2D eigenvalue weighted by molar-refractivity contribution is -0.143. The second-order valence-corrected chi connectivity index (χ2v) is 11.4. The highest BCUT2D eigenvalue weighted by Crippen LogP contribution is 2.43. The van der Waals surface area contributed by atoms with E-state index in [4.69, 9.17) is 9.47 Å². The van der Waals surface area contributed by atoms with Crippen molar-refractivity contribution in [2.45, 2.75) is 76.7 Å². The summed E-state index contributed by atoms with van der Waals surface area (Å²) in [4.78, 5) is 49.8. The van der Waals surface area contributed by atoms with E-state index in [1.165, 1.54) is 0 Å². The van der Waals surface area contributed by atoms with Gasteiger partial charge in [0.15, 0.2) is 0 Å². The predicted octanol–water partition coefficient (Wildman–Crippen LogP) is 3.58. The average molecular weight is 566 g/mol. The van der Waals surface area contributed by atoms with Crippen molar-refractivity contribution < 1.29 is 33.8 Å². The summed E-state index contributed by atoms with van der Waals surface area (Å²) in [7, 11) is 0. The molecule has 4 rings (SSSR count). The van der Waals surface area contributed by atoms with Gasteiger partial charge in [0, 0.05) is 18.9 Å². The van der Waals surface area contributed by atoms with Crippen LogP contribution in [0.2, 0.25) is 0 Å². The summed E-state index contributed by atoms with van der Waals surface area (Å²) in [6, 6.07) is 15.4. The Morgan fingerprint density at radius 1 is 1.02 bits per heavy atom. The van der Waals surface area contributed by atoms with Crippen LogP contribution in [0.3, 0.4) is 0 Å². The normalized spacial score (nSPS) is 18.6. The van der Waals surface area contributed by atoms with Crippen molar-refractivity contribution in [1.29, 1.82) is 0 Å². The van der Waals surface area contributed by atoms with Gasteiger partial charge in [0.2, 0.25) is 11.8 Å². The van der Waals surface area contributed by atoms with E-state index >= 15 is 0 Å². The molecule has 41 heavy (non-hydrogen) atoms. The van der Waals surface area contributed by atoms with Crippen LogP contribution in [0.25, 0.3) is 0 Å². The molecule has 0 unspecified atom stereocenters. The van der Waals surface area contributed by atoms with Gasteiger partial charge >= 0.3 is 12.1 Å². The number of hydrogen-bond acceptors (Lipinski definition) is 6. The zero-order valence-electron chi connectivity index (χ0n) is 23.6. The number of carbonyl (C=O) groups excluding carboxylic acids is 3. The minimum atomic E-state index is -1.24. The minimum Gasteiger partial charge on any atom is -0.489 e. The first-order valence-corrected chi connectivity index (χ1v) is 14.2. The third-order valence-corrected chi connectivity index (χ3v) is 7.40. The first-order valence-electron chi connectivity index (χ1n) is 14.2. The Hall–Kier alpha value is -4.08. The first kappa shape index (κ1) is 29.9.